The van der Waals surface area contributed by atoms with E-state index in [1.807, 2.05) is 6.07 Å². The Labute approximate surface area is 186 Å². The Morgan fingerprint density at radius 3 is 2.56 bits per heavy atom. The molecule has 4 rings (SSSR count). The molecule has 1 aromatic carbocycles. The summed E-state index contributed by atoms with van der Waals surface area (Å²) in [4.78, 5) is 46.3. The van der Waals surface area contributed by atoms with E-state index in [2.05, 4.69) is 9.98 Å². The number of methoxy groups -OCH3 is 1. The number of carbonyl (C=O) groups excluding carboxylic acids is 2. The van der Waals surface area contributed by atoms with Crippen LogP contribution < -0.4 is 19.6 Å². The van der Waals surface area contributed by atoms with Crippen LogP contribution in [0, 0.1) is 0 Å². The predicted molar refractivity (Wildman–Crippen MR) is 118 cm³/mol. The van der Waals surface area contributed by atoms with Gasteiger partial charge in [-0.1, -0.05) is 29.5 Å². The number of ether oxygens (including phenoxy) is 2. The summed E-state index contributed by atoms with van der Waals surface area (Å²) in [5, 5.41) is 0. The second-order valence-corrected chi connectivity index (χ2v) is 8.03. The Morgan fingerprint density at radius 2 is 1.94 bits per heavy atom. The third-order valence-electron chi connectivity index (χ3n) is 4.87. The fraction of sp³-hybridized carbons (Fsp3) is 0.174. The van der Waals surface area contributed by atoms with E-state index >= 15 is 0 Å². The van der Waals surface area contributed by atoms with Crippen LogP contribution in [-0.4, -0.2) is 28.6 Å². The van der Waals surface area contributed by atoms with E-state index in [1.165, 1.54) is 29.9 Å². The van der Waals surface area contributed by atoms with Gasteiger partial charge >= 0.3 is 11.9 Å². The fourth-order valence-electron chi connectivity index (χ4n) is 3.50. The van der Waals surface area contributed by atoms with E-state index in [0.29, 0.717) is 26.3 Å². The summed E-state index contributed by atoms with van der Waals surface area (Å²) < 4.78 is 12.1. The highest BCUT2D eigenvalue weighted by Gasteiger charge is 2.33. The van der Waals surface area contributed by atoms with Gasteiger partial charge in [-0.15, -0.1) is 0 Å². The maximum atomic E-state index is 13.4. The third-order valence-corrected chi connectivity index (χ3v) is 5.85. The van der Waals surface area contributed by atoms with Crippen molar-refractivity contribution in [2.75, 3.05) is 7.11 Å². The third kappa shape index (κ3) is 4.02. The van der Waals surface area contributed by atoms with E-state index < -0.39 is 18.0 Å². The maximum Gasteiger partial charge on any atom is 0.338 e. The minimum Gasteiger partial charge on any atom is -0.466 e. The van der Waals surface area contributed by atoms with Gasteiger partial charge in [-0.25, -0.2) is 9.79 Å². The second-order valence-electron chi connectivity index (χ2n) is 7.02. The van der Waals surface area contributed by atoms with Gasteiger partial charge in [0.05, 0.1) is 29.0 Å². The van der Waals surface area contributed by atoms with Crippen LogP contribution in [-0.2, 0) is 14.3 Å². The quantitative estimate of drug-likeness (QED) is 0.444. The number of esters is 2. The zero-order valence-electron chi connectivity index (χ0n) is 17.6. The molecule has 1 aliphatic heterocycles. The summed E-state index contributed by atoms with van der Waals surface area (Å²) in [6.07, 6.45) is 5.06. The minimum absolute atomic E-state index is 0.271. The van der Waals surface area contributed by atoms with Gasteiger partial charge in [0.15, 0.2) is 4.80 Å². The van der Waals surface area contributed by atoms with E-state index in [-0.39, 0.29) is 11.1 Å². The Hall–Kier alpha value is -3.85. The highest BCUT2D eigenvalue weighted by molar-refractivity contribution is 7.07. The van der Waals surface area contributed by atoms with E-state index in [9.17, 15) is 14.4 Å². The number of fused-ring (bicyclic) bond motifs is 1. The summed E-state index contributed by atoms with van der Waals surface area (Å²) >= 11 is 1.24. The molecule has 0 spiro atoms. The Balaban J connectivity index is 1.91. The summed E-state index contributed by atoms with van der Waals surface area (Å²) in [6, 6.07) is 9.56. The number of thiazole rings is 1. The number of aromatic nitrogens is 2. The van der Waals surface area contributed by atoms with Crippen LogP contribution in [0.1, 0.15) is 31.0 Å². The first-order valence-electron chi connectivity index (χ1n) is 9.68. The van der Waals surface area contributed by atoms with Crippen LogP contribution in [0.15, 0.2) is 69.8 Å². The maximum absolute atomic E-state index is 13.4. The highest BCUT2D eigenvalue weighted by Crippen LogP contribution is 2.31. The van der Waals surface area contributed by atoms with Crippen LogP contribution in [0.3, 0.4) is 0 Å². The molecule has 0 bridgehead atoms. The normalized spacial score (nSPS) is 15.7. The van der Waals surface area contributed by atoms with Crippen LogP contribution in [0.4, 0.5) is 0 Å². The number of hydrogen-bond donors (Lipinski definition) is 0. The number of pyridine rings is 1. The number of hydrogen-bond acceptors (Lipinski definition) is 8. The van der Waals surface area contributed by atoms with Crippen molar-refractivity contribution in [1.82, 2.24) is 9.55 Å². The molecule has 0 saturated carbocycles. The summed E-state index contributed by atoms with van der Waals surface area (Å²) in [5.41, 5.74) is 1.90. The molecule has 3 aromatic rings. The molecule has 32 heavy (non-hydrogen) atoms. The monoisotopic (exact) mass is 449 g/mol. The molecule has 162 valence electrons. The molecule has 0 aliphatic carbocycles. The molecule has 0 fully saturated rings. The largest absolute Gasteiger partial charge is 0.466 e. The Morgan fingerprint density at radius 1 is 1.19 bits per heavy atom. The van der Waals surface area contributed by atoms with Gasteiger partial charge in [-0.3, -0.25) is 19.1 Å². The predicted octanol–water partition coefficient (Wildman–Crippen LogP) is 1.73. The first-order chi connectivity index (χ1) is 15.4. The van der Waals surface area contributed by atoms with Crippen molar-refractivity contribution in [3.05, 3.63) is 90.9 Å². The molecular weight excluding hydrogens is 430 g/mol. The van der Waals surface area contributed by atoms with Gasteiger partial charge in [-0.05, 0) is 42.3 Å². The minimum atomic E-state index is -0.735. The number of carbonyl (C=O) groups is 2. The average Bonchev–Trinajstić information content (AvgIpc) is 3.07. The number of benzene rings is 1. The van der Waals surface area contributed by atoms with Crippen molar-refractivity contribution >= 4 is 29.4 Å². The van der Waals surface area contributed by atoms with Crippen molar-refractivity contribution in [2.45, 2.75) is 19.9 Å². The SMILES string of the molecule is COC(=O)C1=C(C)N=c2sc(=Cc3cccnc3)c(=O)n2C1c1ccc(OC(C)=O)cc1. The molecule has 1 aliphatic rings. The summed E-state index contributed by atoms with van der Waals surface area (Å²) in [7, 11) is 1.29. The van der Waals surface area contributed by atoms with Crippen LogP contribution in [0.5, 0.6) is 5.75 Å². The lowest BCUT2D eigenvalue weighted by Gasteiger charge is -2.24. The molecule has 2 aromatic heterocycles. The molecular formula is C23H19N3O5S. The number of rotatable bonds is 4. The molecule has 3 heterocycles. The second kappa shape index (κ2) is 8.72. The zero-order chi connectivity index (χ0) is 22.8. The number of nitrogens with zero attached hydrogens (tertiary/aromatic N) is 3. The van der Waals surface area contributed by atoms with Crippen LogP contribution in [0.25, 0.3) is 6.08 Å². The molecule has 8 nitrogen and oxygen atoms in total. The smallest absolute Gasteiger partial charge is 0.338 e. The lowest BCUT2D eigenvalue weighted by molar-refractivity contribution is -0.136. The summed E-state index contributed by atoms with van der Waals surface area (Å²) in [5.74, 6) is -0.639. The Bertz CT molecular complexity index is 1400. The topological polar surface area (TPSA) is 99.9 Å². The van der Waals surface area contributed by atoms with Crippen molar-refractivity contribution < 1.29 is 19.1 Å². The zero-order valence-corrected chi connectivity index (χ0v) is 18.4. The van der Waals surface area contributed by atoms with E-state index in [1.54, 1.807) is 55.7 Å². The summed E-state index contributed by atoms with van der Waals surface area (Å²) in [6.45, 7) is 3.03. The lowest BCUT2D eigenvalue weighted by Crippen LogP contribution is -2.39. The van der Waals surface area contributed by atoms with Crippen LogP contribution in [0.2, 0.25) is 0 Å². The van der Waals surface area contributed by atoms with Crippen molar-refractivity contribution in [1.29, 1.82) is 0 Å². The molecule has 1 atom stereocenters. The van der Waals surface area contributed by atoms with Gasteiger partial charge in [0.25, 0.3) is 5.56 Å². The molecule has 0 N–H and O–H groups in total. The molecule has 9 heteroatoms. The standard InChI is InChI=1S/C23H19N3O5S/c1-13-19(22(29)30-3)20(16-6-8-17(9-7-16)31-14(2)27)26-21(28)18(32-23(26)25-13)11-15-5-4-10-24-12-15/h4-12,20H,1-3H3. The van der Waals surface area contributed by atoms with Crippen molar-refractivity contribution in [3.63, 3.8) is 0 Å². The fourth-order valence-corrected chi connectivity index (χ4v) is 4.55. The lowest BCUT2D eigenvalue weighted by atomic mass is 9.96. The van der Waals surface area contributed by atoms with Gasteiger partial charge in [-0.2, -0.15) is 0 Å². The molecule has 0 saturated heterocycles. The van der Waals surface area contributed by atoms with Gasteiger partial charge < -0.3 is 9.47 Å². The molecule has 0 amide bonds. The first kappa shape index (κ1) is 21.4. The van der Waals surface area contributed by atoms with E-state index in [4.69, 9.17) is 9.47 Å². The van der Waals surface area contributed by atoms with Crippen molar-refractivity contribution in [3.8, 4) is 5.75 Å². The average molecular weight is 449 g/mol. The van der Waals surface area contributed by atoms with Gasteiger partial charge in [0, 0.05) is 19.3 Å². The highest BCUT2D eigenvalue weighted by atomic mass is 32.1. The Kier molecular flexibility index (Phi) is 5.83. The first-order valence-corrected chi connectivity index (χ1v) is 10.5. The molecule has 0 radical (unpaired) electrons. The van der Waals surface area contributed by atoms with Gasteiger partial charge in [0.1, 0.15) is 5.75 Å². The van der Waals surface area contributed by atoms with Crippen LogP contribution >= 0.6 is 11.3 Å². The number of allylic oxidation sites excluding steroid dienone is 1. The molecule has 1 unspecified atom stereocenters. The van der Waals surface area contributed by atoms with Crippen molar-refractivity contribution in [2.24, 2.45) is 4.99 Å². The van der Waals surface area contributed by atoms with E-state index in [0.717, 1.165) is 5.56 Å². The van der Waals surface area contributed by atoms with Gasteiger partial charge in [0.2, 0.25) is 0 Å².